The Kier molecular flexibility index (Phi) is 6.75. The number of nitrogens with one attached hydrogen (secondary N) is 1. The zero-order valence-corrected chi connectivity index (χ0v) is 14.1. The van der Waals surface area contributed by atoms with Crippen LogP contribution in [0.4, 0.5) is 0 Å². The molecule has 1 N–H and O–H groups in total. The highest BCUT2D eigenvalue weighted by Gasteiger charge is 2.19. The number of hydrogen-bond donors (Lipinski definition) is 1. The van der Waals surface area contributed by atoms with Crippen molar-refractivity contribution in [2.75, 3.05) is 6.54 Å². The van der Waals surface area contributed by atoms with E-state index in [9.17, 15) is 0 Å². The Hall–Kier alpha value is -0.830. The summed E-state index contributed by atoms with van der Waals surface area (Å²) in [7, 11) is 0. The molecule has 120 valence electrons. The van der Waals surface area contributed by atoms with Gasteiger partial charge in [0.15, 0.2) is 0 Å². The number of aromatic nitrogens is 2. The lowest BCUT2D eigenvalue weighted by atomic mass is 9.84. The van der Waals surface area contributed by atoms with Crippen LogP contribution in [-0.2, 0) is 6.42 Å². The fourth-order valence-corrected chi connectivity index (χ4v) is 3.44. The van der Waals surface area contributed by atoms with Crippen LogP contribution in [-0.4, -0.2) is 22.4 Å². The summed E-state index contributed by atoms with van der Waals surface area (Å²) in [5.41, 5.74) is 1.24. The van der Waals surface area contributed by atoms with Gasteiger partial charge in [-0.15, -0.1) is 0 Å². The Bertz CT molecular complexity index is 391. The molecule has 0 saturated heterocycles. The molecule has 1 atom stereocenters. The molecule has 0 bridgehead atoms. The van der Waals surface area contributed by atoms with Crippen molar-refractivity contribution in [3.05, 3.63) is 18.0 Å². The quantitative estimate of drug-likeness (QED) is 0.772. The minimum absolute atomic E-state index is 0.458. The fourth-order valence-electron chi connectivity index (χ4n) is 3.44. The molecule has 0 spiro atoms. The van der Waals surface area contributed by atoms with Crippen LogP contribution in [0.5, 0.6) is 0 Å². The monoisotopic (exact) mass is 291 g/mol. The third-order valence-corrected chi connectivity index (χ3v) is 4.67. The van der Waals surface area contributed by atoms with Gasteiger partial charge in [0, 0.05) is 24.7 Å². The maximum absolute atomic E-state index is 4.73. The summed E-state index contributed by atoms with van der Waals surface area (Å²) in [5, 5.41) is 8.48. The Morgan fingerprint density at radius 2 is 2.05 bits per heavy atom. The smallest absolute Gasteiger partial charge is 0.0640 e. The molecule has 21 heavy (non-hydrogen) atoms. The molecule has 1 unspecified atom stereocenters. The summed E-state index contributed by atoms with van der Waals surface area (Å²) in [4.78, 5) is 0. The molecule has 0 amide bonds. The topological polar surface area (TPSA) is 29.9 Å². The normalized spacial score (nSPS) is 18.3. The molecule has 1 aromatic heterocycles. The zero-order valence-electron chi connectivity index (χ0n) is 14.1. The fraction of sp³-hybridized carbons (Fsp3) is 0.833. The predicted molar refractivity (Wildman–Crippen MR) is 89.6 cm³/mol. The van der Waals surface area contributed by atoms with Crippen LogP contribution >= 0.6 is 0 Å². The first-order valence-corrected chi connectivity index (χ1v) is 8.96. The van der Waals surface area contributed by atoms with Gasteiger partial charge >= 0.3 is 0 Å². The molecule has 1 fully saturated rings. The zero-order chi connectivity index (χ0) is 15.1. The molecule has 3 heteroatoms. The third-order valence-electron chi connectivity index (χ3n) is 4.67. The van der Waals surface area contributed by atoms with Gasteiger partial charge in [0.1, 0.15) is 0 Å². The average molecular weight is 291 g/mol. The molecule has 2 rings (SSSR count). The second-order valence-corrected chi connectivity index (χ2v) is 6.98. The minimum atomic E-state index is 0.458. The van der Waals surface area contributed by atoms with Gasteiger partial charge in [-0.3, -0.25) is 4.68 Å². The Balaban J connectivity index is 1.90. The Morgan fingerprint density at radius 1 is 1.29 bits per heavy atom. The molecule has 1 aromatic rings. The van der Waals surface area contributed by atoms with Gasteiger partial charge in [0.2, 0.25) is 0 Å². The van der Waals surface area contributed by atoms with Crippen LogP contribution in [0.2, 0.25) is 0 Å². The Labute approximate surface area is 130 Å². The molecular formula is C18H33N3. The third kappa shape index (κ3) is 5.46. The van der Waals surface area contributed by atoms with Gasteiger partial charge in [-0.2, -0.15) is 5.10 Å². The molecule has 0 aliphatic heterocycles. The van der Waals surface area contributed by atoms with E-state index in [0.29, 0.717) is 12.1 Å². The van der Waals surface area contributed by atoms with E-state index in [1.165, 1.54) is 50.6 Å². The van der Waals surface area contributed by atoms with Crippen LogP contribution < -0.4 is 5.32 Å². The molecule has 1 aliphatic carbocycles. The van der Waals surface area contributed by atoms with Crippen LogP contribution in [0, 0.1) is 5.92 Å². The lowest BCUT2D eigenvalue weighted by Gasteiger charge is -2.27. The van der Waals surface area contributed by atoms with E-state index in [2.05, 4.69) is 43.0 Å². The lowest BCUT2D eigenvalue weighted by Crippen LogP contribution is -2.34. The highest BCUT2D eigenvalue weighted by Crippen LogP contribution is 2.28. The first-order chi connectivity index (χ1) is 10.2. The van der Waals surface area contributed by atoms with Crippen molar-refractivity contribution < 1.29 is 0 Å². The number of rotatable bonds is 8. The van der Waals surface area contributed by atoms with Crippen molar-refractivity contribution >= 4 is 0 Å². The maximum atomic E-state index is 4.73. The van der Waals surface area contributed by atoms with Crippen LogP contribution in [0.3, 0.4) is 0 Å². The summed E-state index contributed by atoms with van der Waals surface area (Å²) in [6, 6.07) is 3.25. The first kappa shape index (κ1) is 16.5. The summed E-state index contributed by atoms with van der Waals surface area (Å²) in [6.45, 7) is 7.75. The van der Waals surface area contributed by atoms with Crippen LogP contribution in [0.1, 0.15) is 77.5 Å². The highest BCUT2D eigenvalue weighted by molar-refractivity contribution is 5.02. The molecule has 0 aromatic carbocycles. The van der Waals surface area contributed by atoms with Gasteiger partial charge < -0.3 is 5.32 Å². The predicted octanol–water partition coefficient (Wildman–Crippen LogP) is 4.35. The van der Waals surface area contributed by atoms with Crippen molar-refractivity contribution in [2.45, 2.75) is 84.2 Å². The highest BCUT2D eigenvalue weighted by atomic mass is 15.3. The van der Waals surface area contributed by atoms with Crippen LogP contribution in [0.15, 0.2) is 12.3 Å². The van der Waals surface area contributed by atoms with E-state index >= 15 is 0 Å². The van der Waals surface area contributed by atoms with E-state index in [1.54, 1.807) is 0 Å². The van der Waals surface area contributed by atoms with Gasteiger partial charge in [-0.1, -0.05) is 39.0 Å². The largest absolute Gasteiger partial charge is 0.314 e. The van der Waals surface area contributed by atoms with Gasteiger partial charge in [0.05, 0.1) is 5.69 Å². The minimum Gasteiger partial charge on any atom is -0.314 e. The van der Waals surface area contributed by atoms with Crippen molar-refractivity contribution in [3.8, 4) is 0 Å². The van der Waals surface area contributed by atoms with Crippen LogP contribution in [0.25, 0.3) is 0 Å². The summed E-state index contributed by atoms with van der Waals surface area (Å²) < 4.78 is 2.08. The van der Waals surface area contributed by atoms with E-state index in [1.807, 2.05) is 0 Å². The number of nitrogens with zero attached hydrogens (tertiary/aromatic N) is 2. The second kappa shape index (κ2) is 8.57. The standard InChI is InChI=1S/C18H33N3/c1-4-11-19-18(13-16-8-6-5-7-9-16)14-17-10-12-21(20-17)15(2)3/h10,12,15-16,18-19H,4-9,11,13-14H2,1-3H3. The van der Waals surface area contributed by atoms with E-state index in [0.717, 1.165) is 18.9 Å². The molecule has 1 saturated carbocycles. The van der Waals surface area contributed by atoms with Crippen molar-refractivity contribution in [2.24, 2.45) is 5.92 Å². The van der Waals surface area contributed by atoms with Crippen molar-refractivity contribution in [1.29, 1.82) is 0 Å². The Morgan fingerprint density at radius 3 is 2.67 bits per heavy atom. The van der Waals surface area contributed by atoms with E-state index in [-0.39, 0.29) is 0 Å². The van der Waals surface area contributed by atoms with Gasteiger partial charge in [0.25, 0.3) is 0 Å². The average Bonchev–Trinajstić information content (AvgIpc) is 2.94. The molecule has 0 radical (unpaired) electrons. The van der Waals surface area contributed by atoms with Gasteiger partial charge in [-0.25, -0.2) is 0 Å². The van der Waals surface area contributed by atoms with E-state index in [4.69, 9.17) is 5.10 Å². The molecule has 1 heterocycles. The van der Waals surface area contributed by atoms with Crippen molar-refractivity contribution in [3.63, 3.8) is 0 Å². The molecule has 3 nitrogen and oxygen atoms in total. The summed E-state index contributed by atoms with van der Waals surface area (Å²) in [6.07, 6.45) is 12.9. The summed E-state index contributed by atoms with van der Waals surface area (Å²) in [5.74, 6) is 0.931. The van der Waals surface area contributed by atoms with Gasteiger partial charge in [-0.05, 0) is 45.2 Å². The SMILES string of the molecule is CCCNC(Cc1ccn(C(C)C)n1)CC1CCCCC1. The lowest BCUT2D eigenvalue weighted by molar-refractivity contribution is 0.295. The van der Waals surface area contributed by atoms with Crippen molar-refractivity contribution in [1.82, 2.24) is 15.1 Å². The van der Waals surface area contributed by atoms with E-state index < -0.39 is 0 Å². The molecule has 1 aliphatic rings. The summed E-state index contributed by atoms with van der Waals surface area (Å²) >= 11 is 0. The molecular weight excluding hydrogens is 258 g/mol. The second-order valence-electron chi connectivity index (χ2n) is 6.98. The maximum Gasteiger partial charge on any atom is 0.0640 e. The number of hydrogen-bond acceptors (Lipinski definition) is 2. The first-order valence-electron chi connectivity index (χ1n) is 8.96.